The van der Waals surface area contributed by atoms with E-state index in [0.29, 0.717) is 11.3 Å². The van der Waals surface area contributed by atoms with Gasteiger partial charge in [0.05, 0.1) is 19.6 Å². The average molecular weight is 261 g/mol. The average Bonchev–Trinajstić information content (AvgIpc) is 2.93. The molecule has 1 aromatic heterocycles. The monoisotopic (exact) mass is 261 g/mol. The van der Waals surface area contributed by atoms with Crippen molar-refractivity contribution in [1.29, 1.82) is 0 Å². The molecule has 0 fully saturated rings. The molecule has 0 unspecified atom stereocenters. The summed E-state index contributed by atoms with van der Waals surface area (Å²) in [6, 6.07) is 7.70. The molecule has 0 saturated heterocycles. The molecule has 0 aliphatic rings. The van der Waals surface area contributed by atoms with Crippen LogP contribution in [-0.4, -0.2) is 24.4 Å². The number of ether oxygens (including phenoxy) is 1. The van der Waals surface area contributed by atoms with E-state index < -0.39 is 5.97 Å². The van der Waals surface area contributed by atoms with E-state index in [0.717, 1.165) is 0 Å². The molecular formula is C13H11NO5. The van der Waals surface area contributed by atoms with Crippen molar-refractivity contribution in [2.24, 2.45) is 5.16 Å². The zero-order valence-electron chi connectivity index (χ0n) is 10.1. The minimum absolute atomic E-state index is 0.0242. The fourth-order valence-electron chi connectivity index (χ4n) is 1.36. The molecule has 1 N–H and O–H groups in total. The van der Waals surface area contributed by atoms with E-state index in [-0.39, 0.29) is 11.5 Å². The van der Waals surface area contributed by atoms with E-state index in [1.54, 1.807) is 18.2 Å². The third kappa shape index (κ3) is 3.12. The third-order valence-corrected chi connectivity index (χ3v) is 2.26. The van der Waals surface area contributed by atoms with Gasteiger partial charge in [0.2, 0.25) is 5.76 Å². The maximum Gasteiger partial charge on any atom is 0.400 e. The number of methoxy groups -OCH3 is 1. The summed E-state index contributed by atoms with van der Waals surface area (Å²) in [5.41, 5.74) is 0.561. The van der Waals surface area contributed by atoms with Crippen molar-refractivity contribution in [3.05, 3.63) is 47.9 Å². The van der Waals surface area contributed by atoms with Gasteiger partial charge in [-0.1, -0.05) is 5.16 Å². The molecule has 0 atom stereocenters. The van der Waals surface area contributed by atoms with Crippen LogP contribution >= 0.6 is 0 Å². The molecule has 98 valence electrons. The summed E-state index contributed by atoms with van der Waals surface area (Å²) >= 11 is 0. The Morgan fingerprint density at radius 3 is 2.89 bits per heavy atom. The Morgan fingerprint density at radius 1 is 1.42 bits per heavy atom. The molecule has 1 heterocycles. The van der Waals surface area contributed by atoms with Gasteiger partial charge in [0, 0.05) is 5.56 Å². The van der Waals surface area contributed by atoms with E-state index in [1.807, 2.05) is 0 Å². The van der Waals surface area contributed by atoms with Crippen LogP contribution in [0.25, 0.3) is 0 Å². The second-order valence-electron chi connectivity index (χ2n) is 3.52. The number of hydrogen-bond donors (Lipinski definition) is 1. The smallest absolute Gasteiger partial charge is 0.400 e. The number of phenolic OH excluding ortho intramolecular Hbond substituents is 1. The van der Waals surface area contributed by atoms with Gasteiger partial charge in [-0.15, -0.1) is 0 Å². The van der Waals surface area contributed by atoms with Crippen molar-refractivity contribution in [3.8, 4) is 11.5 Å². The molecule has 6 nitrogen and oxygen atoms in total. The van der Waals surface area contributed by atoms with E-state index in [2.05, 4.69) is 9.99 Å². The Bertz CT molecular complexity index is 589. The summed E-state index contributed by atoms with van der Waals surface area (Å²) in [4.78, 5) is 16.0. The zero-order valence-corrected chi connectivity index (χ0v) is 10.1. The number of carbonyl (C=O) groups excluding carboxylic acids is 1. The van der Waals surface area contributed by atoms with Crippen LogP contribution in [0.5, 0.6) is 11.5 Å². The highest BCUT2D eigenvalue weighted by Crippen LogP contribution is 2.25. The summed E-state index contributed by atoms with van der Waals surface area (Å²) in [5, 5.41) is 13.0. The molecular weight excluding hydrogens is 250 g/mol. The molecule has 0 spiro atoms. The molecule has 2 rings (SSSR count). The van der Waals surface area contributed by atoms with Gasteiger partial charge in [0.15, 0.2) is 11.5 Å². The Hall–Kier alpha value is -2.76. The lowest BCUT2D eigenvalue weighted by Gasteiger charge is -2.02. The summed E-state index contributed by atoms with van der Waals surface area (Å²) in [6.45, 7) is 0. The first-order valence-electron chi connectivity index (χ1n) is 5.36. The highest BCUT2D eigenvalue weighted by molar-refractivity contribution is 5.87. The number of carbonyl (C=O) groups is 1. The predicted octanol–water partition coefficient (Wildman–Crippen LogP) is 2.18. The second-order valence-corrected chi connectivity index (χ2v) is 3.52. The molecule has 0 aliphatic heterocycles. The van der Waals surface area contributed by atoms with Gasteiger partial charge < -0.3 is 19.1 Å². The molecule has 19 heavy (non-hydrogen) atoms. The third-order valence-electron chi connectivity index (χ3n) is 2.26. The largest absolute Gasteiger partial charge is 0.504 e. The molecule has 0 saturated carbocycles. The van der Waals surface area contributed by atoms with Gasteiger partial charge in [-0.2, -0.15) is 0 Å². The van der Waals surface area contributed by atoms with Crippen LogP contribution in [0.4, 0.5) is 0 Å². The van der Waals surface area contributed by atoms with Gasteiger partial charge >= 0.3 is 5.97 Å². The van der Waals surface area contributed by atoms with Crippen molar-refractivity contribution >= 4 is 12.2 Å². The molecule has 2 aromatic rings. The summed E-state index contributed by atoms with van der Waals surface area (Å²) in [7, 11) is 1.45. The van der Waals surface area contributed by atoms with E-state index in [1.165, 1.54) is 31.7 Å². The van der Waals surface area contributed by atoms with Crippen molar-refractivity contribution in [2.75, 3.05) is 7.11 Å². The molecule has 0 radical (unpaired) electrons. The van der Waals surface area contributed by atoms with Crippen molar-refractivity contribution in [1.82, 2.24) is 0 Å². The van der Waals surface area contributed by atoms with E-state index >= 15 is 0 Å². The Labute approximate surface area is 108 Å². The molecule has 6 heteroatoms. The minimum Gasteiger partial charge on any atom is -0.504 e. The molecule has 0 bridgehead atoms. The van der Waals surface area contributed by atoms with Gasteiger partial charge in [0.1, 0.15) is 0 Å². The number of aromatic hydroxyl groups is 1. The fourth-order valence-corrected chi connectivity index (χ4v) is 1.36. The van der Waals surface area contributed by atoms with Crippen LogP contribution in [0.2, 0.25) is 0 Å². The topological polar surface area (TPSA) is 81.3 Å². The van der Waals surface area contributed by atoms with Crippen LogP contribution in [0.15, 0.2) is 46.2 Å². The van der Waals surface area contributed by atoms with Crippen LogP contribution in [0.3, 0.4) is 0 Å². The Kier molecular flexibility index (Phi) is 3.82. The SMILES string of the molecule is COc1ccc(/C=N/OC(=O)c2ccco2)cc1O. The van der Waals surface area contributed by atoms with Crippen LogP contribution in [0, 0.1) is 0 Å². The van der Waals surface area contributed by atoms with Gasteiger partial charge in [-0.3, -0.25) is 0 Å². The molecule has 0 amide bonds. The number of oxime groups is 1. The number of hydrogen-bond acceptors (Lipinski definition) is 6. The summed E-state index contributed by atoms with van der Waals surface area (Å²) < 4.78 is 9.74. The predicted molar refractivity (Wildman–Crippen MR) is 66.4 cm³/mol. The van der Waals surface area contributed by atoms with Crippen LogP contribution in [0.1, 0.15) is 16.1 Å². The normalized spacial score (nSPS) is 10.6. The lowest BCUT2D eigenvalue weighted by atomic mass is 10.2. The first-order valence-corrected chi connectivity index (χ1v) is 5.36. The quantitative estimate of drug-likeness (QED) is 0.518. The Balaban J connectivity index is 1.99. The van der Waals surface area contributed by atoms with Crippen LogP contribution < -0.4 is 4.74 Å². The number of benzene rings is 1. The number of phenols is 1. The summed E-state index contributed by atoms with van der Waals surface area (Å²) in [5.74, 6) is -0.303. The first-order chi connectivity index (χ1) is 9.20. The van der Waals surface area contributed by atoms with Gasteiger partial charge in [-0.25, -0.2) is 4.79 Å². The number of furan rings is 1. The highest BCUT2D eigenvalue weighted by atomic mass is 16.7. The second kappa shape index (κ2) is 5.72. The molecule has 1 aromatic carbocycles. The lowest BCUT2D eigenvalue weighted by molar-refractivity contribution is 0.0483. The van der Waals surface area contributed by atoms with Gasteiger partial charge in [-0.05, 0) is 30.3 Å². The number of rotatable bonds is 4. The Morgan fingerprint density at radius 2 is 2.26 bits per heavy atom. The van der Waals surface area contributed by atoms with E-state index in [9.17, 15) is 9.90 Å². The zero-order chi connectivity index (χ0) is 13.7. The highest BCUT2D eigenvalue weighted by Gasteiger charge is 2.09. The van der Waals surface area contributed by atoms with Crippen molar-refractivity contribution in [3.63, 3.8) is 0 Å². The van der Waals surface area contributed by atoms with Crippen molar-refractivity contribution < 1.29 is 23.9 Å². The van der Waals surface area contributed by atoms with E-state index in [4.69, 9.17) is 9.15 Å². The maximum atomic E-state index is 11.4. The minimum atomic E-state index is -0.695. The molecule has 0 aliphatic carbocycles. The summed E-state index contributed by atoms with van der Waals surface area (Å²) in [6.07, 6.45) is 2.65. The standard InChI is InChI=1S/C13H11NO5/c1-17-11-5-4-9(7-10(11)15)8-14-19-13(16)12-3-2-6-18-12/h2-8,15H,1H3/b14-8+. The lowest BCUT2D eigenvalue weighted by Crippen LogP contribution is -1.98. The maximum absolute atomic E-state index is 11.4. The number of nitrogens with zero attached hydrogens (tertiary/aromatic N) is 1. The van der Waals surface area contributed by atoms with Gasteiger partial charge in [0.25, 0.3) is 0 Å². The first kappa shape index (κ1) is 12.7. The fraction of sp³-hybridized carbons (Fsp3) is 0.0769. The van der Waals surface area contributed by atoms with Crippen LogP contribution in [-0.2, 0) is 4.84 Å². The van der Waals surface area contributed by atoms with Crippen molar-refractivity contribution in [2.45, 2.75) is 0 Å².